The number of benzene rings is 1. The Morgan fingerprint density at radius 2 is 2.11 bits per heavy atom. The van der Waals surface area contributed by atoms with Crippen LogP contribution in [0.3, 0.4) is 0 Å². The molecule has 0 aromatic heterocycles. The maximum absolute atomic E-state index is 11.7. The van der Waals surface area contributed by atoms with E-state index in [4.69, 9.17) is 4.74 Å². The molecule has 1 saturated heterocycles. The van der Waals surface area contributed by atoms with Crippen LogP contribution in [0.15, 0.2) is 29.4 Å². The van der Waals surface area contributed by atoms with E-state index in [-0.39, 0.29) is 12.0 Å². The van der Waals surface area contributed by atoms with Gasteiger partial charge < -0.3 is 4.74 Å². The first-order valence-electron chi connectivity index (χ1n) is 6.19. The molecule has 18 heavy (non-hydrogen) atoms. The average molecular weight is 246 g/mol. The smallest absolute Gasteiger partial charge is 0.269 e. The van der Waals surface area contributed by atoms with Gasteiger partial charge in [-0.1, -0.05) is 29.8 Å². The van der Waals surface area contributed by atoms with Gasteiger partial charge in [-0.2, -0.15) is 5.10 Å². The van der Waals surface area contributed by atoms with Crippen LogP contribution in [0.5, 0.6) is 0 Å². The molecule has 1 aliphatic heterocycles. The molecule has 1 N–H and O–H groups in total. The summed E-state index contributed by atoms with van der Waals surface area (Å²) in [6.45, 7) is 4.58. The first-order chi connectivity index (χ1) is 8.66. The second-order valence-electron chi connectivity index (χ2n) is 4.54. The van der Waals surface area contributed by atoms with Crippen molar-refractivity contribution in [3.63, 3.8) is 0 Å². The molecule has 4 nitrogen and oxygen atoms in total. The molecule has 1 aromatic rings. The number of hydrogen-bond donors (Lipinski definition) is 1. The van der Waals surface area contributed by atoms with E-state index in [1.165, 1.54) is 5.56 Å². The first kappa shape index (κ1) is 12.8. The van der Waals surface area contributed by atoms with Crippen LogP contribution in [0.4, 0.5) is 0 Å². The summed E-state index contributed by atoms with van der Waals surface area (Å²) in [4.78, 5) is 11.7. The standard InChI is InChI=1S/C14H18N2O2/c1-10-5-7-12(8-6-10)11(2)15-16-14(17)13-4-3-9-18-13/h5-8,13H,3-4,9H2,1-2H3,(H,16,17)/b15-11+/t13-/m1/s1. The number of amides is 1. The van der Waals surface area contributed by atoms with Gasteiger partial charge in [0.05, 0.1) is 5.71 Å². The van der Waals surface area contributed by atoms with Gasteiger partial charge >= 0.3 is 0 Å². The van der Waals surface area contributed by atoms with Gasteiger partial charge in [-0.15, -0.1) is 0 Å². The Balaban J connectivity index is 1.95. The van der Waals surface area contributed by atoms with Crippen molar-refractivity contribution in [1.82, 2.24) is 5.43 Å². The maximum atomic E-state index is 11.7. The molecule has 1 atom stereocenters. The Morgan fingerprint density at radius 1 is 1.39 bits per heavy atom. The van der Waals surface area contributed by atoms with E-state index in [0.717, 1.165) is 24.1 Å². The molecule has 0 radical (unpaired) electrons. The SMILES string of the molecule is C/C(=N\NC(=O)[C@H]1CCCO1)c1ccc(C)cc1. The van der Waals surface area contributed by atoms with Crippen molar-refractivity contribution in [1.29, 1.82) is 0 Å². The Morgan fingerprint density at radius 3 is 2.72 bits per heavy atom. The normalized spacial score (nSPS) is 19.9. The van der Waals surface area contributed by atoms with Gasteiger partial charge in [-0.3, -0.25) is 4.79 Å². The topological polar surface area (TPSA) is 50.7 Å². The summed E-state index contributed by atoms with van der Waals surface area (Å²) in [5, 5.41) is 4.11. The number of carbonyl (C=O) groups excluding carboxylic acids is 1. The number of ether oxygens (including phenoxy) is 1. The lowest BCUT2D eigenvalue weighted by Gasteiger charge is -2.07. The third kappa shape index (κ3) is 3.17. The van der Waals surface area contributed by atoms with Crippen LogP contribution in [0, 0.1) is 6.92 Å². The molecule has 1 aromatic carbocycles. The second-order valence-corrected chi connectivity index (χ2v) is 4.54. The van der Waals surface area contributed by atoms with Crippen molar-refractivity contribution in [2.75, 3.05) is 6.61 Å². The number of aryl methyl sites for hydroxylation is 1. The Kier molecular flexibility index (Phi) is 4.10. The fourth-order valence-corrected chi connectivity index (χ4v) is 1.85. The Labute approximate surface area is 107 Å². The van der Waals surface area contributed by atoms with Crippen LogP contribution >= 0.6 is 0 Å². The van der Waals surface area contributed by atoms with Gasteiger partial charge in [0, 0.05) is 6.61 Å². The lowest BCUT2D eigenvalue weighted by atomic mass is 10.1. The monoisotopic (exact) mass is 246 g/mol. The van der Waals surface area contributed by atoms with E-state index in [1.54, 1.807) is 0 Å². The van der Waals surface area contributed by atoms with Crippen molar-refractivity contribution >= 4 is 11.6 Å². The van der Waals surface area contributed by atoms with Gasteiger partial charge in [-0.25, -0.2) is 5.43 Å². The number of nitrogens with one attached hydrogen (secondary N) is 1. The summed E-state index contributed by atoms with van der Waals surface area (Å²) in [7, 11) is 0. The summed E-state index contributed by atoms with van der Waals surface area (Å²) in [6, 6.07) is 8.03. The minimum Gasteiger partial charge on any atom is -0.368 e. The predicted molar refractivity (Wildman–Crippen MR) is 70.5 cm³/mol. The zero-order valence-corrected chi connectivity index (χ0v) is 10.8. The van der Waals surface area contributed by atoms with Crippen LogP contribution in [-0.4, -0.2) is 24.3 Å². The molecule has 0 spiro atoms. The number of hydrogen-bond acceptors (Lipinski definition) is 3. The van der Waals surface area contributed by atoms with Crippen molar-refractivity contribution in [2.45, 2.75) is 32.8 Å². The number of nitrogens with zero attached hydrogens (tertiary/aromatic N) is 1. The minimum atomic E-state index is -0.334. The molecule has 1 heterocycles. The van der Waals surface area contributed by atoms with Crippen molar-refractivity contribution in [3.05, 3.63) is 35.4 Å². The average Bonchev–Trinajstić information content (AvgIpc) is 2.90. The zero-order valence-electron chi connectivity index (χ0n) is 10.8. The molecule has 0 bridgehead atoms. The second kappa shape index (κ2) is 5.78. The first-order valence-corrected chi connectivity index (χ1v) is 6.19. The molecule has 1 aliphatic rings. The number of rotatable bonds is 3. The van der Waals surface area contributed by atoms with E-state index < -0.39 is 0 Å². The fraction of sp³-hybridized carbons (Fsp3) is 0.429. The third-order valence-corrected chi connectivity index (χ3v) is 3.03. The summed E-state index contributed by atoms with van der Waals surface area (Å²) >= 11 is 0. The molecule has 96 valence electrons. The summed E-state index contributed by atoms with van der Waals surface area (Å²) in [5.41, 5.74) is 5.57. The third-order valence-electron chi connectivity index (χ3n) is 3.03. The quantitative estimate of drug-likeness (QED) is 0.655. The summed E-state index contributed by atoms with van der Waals surface area (Å²) < 4.78 is 5.29. The van der Waals surface area contributed by atoms with Crippen molar-refractivity contribution in [2.24, 2.45) is 5.10 Å². The largest absolute Gasteiger partial charge is 0.368 e. The zero-order chi connectivity index (χ0) is 13.0. The van der Waals surface area contributed by atoms with E-state index in [9.17, 15) is 4.79 Å². The molecule has 2 rings (SSSR count). The number of hydrazone groups is 1. The van der Waals surface area contributed by atoms with Crippen LogP contribution in [0.2, 0.25) is 0 Å². The fourth-order valence-electron chi connectivity index (χ4n) is 1.85. The summed E-state index contributed by atoms with van der Waals surface area (Å²) in [6.07, 6.45) is 1.39. The van der Waals surface area contributed by atoms with Crippen LogP contribution in [0.1, 0.15) is 30.9 Å². The molecule has 4 heteroatoms. The highest BCUT2D eigenvalue weighted by Gasteiger charge is 2.23. The molecule has 0 aliphatic carbocycles. The van der Waals surface area contributed by atoms with Crippen LogP contribution < -0.4 is 5.43 Å². The van der Waals surface area contributed by atoms with Gasteiger partial charge in [0.15, 0.2) is 0 Å². The van der Waals surface area contributed by atoms with E-state index in [2.05, 4.69) is 10.5 Å². The van der Waals surface area contributed by atoms with Crippen molar-refractivity contribution in [3.8, 4) is 0 Å². The highest BCUT2D eigenvalue weighted by Crippen LogP contribution is 2.11. The van der Waals surface area contributed by atoms with Gasteiger partial charge in [0.25, 0.3) is 5.91 Å². The van der Waals surface area contributed by atoms with Crippen LogP contribution in [-0.2, 0) is 9.53 Å². The van der Waals surface area contributed by atoms with Gasteiger partial charge in [0.1, 0.15) is 6.10 Å². The molecule has 1 fully saturated rings. The molecular formula is C14H18N2O2. The molecule has 0 unspecified atom stereocenters. The predicted octanol–water partition coefficient (Wildman–Crippen LogP) is 2.01. The lowest BCUT2D eigenvalue weighted by molar-refractivity contribution is -0.130. The molecule has 1 amide bonds. The number of carbonyl (C=O) groups is 1. The lowest BCUT2D eigenvalue weighted by Crippen LogP contribution is -2.31. The Hall–Kier alpha value is -1.68. The highest BCUT2D eigenvalue weighted by molar-refractivity contribution is 5.99. The molecular weight excluding hydrogens is 228 g/mol. The van der Waals surface area contributed by atoms with E-state index in [0.29, 0.717) is 6.61 Å². The van der Waals surface area contributed by atoms with E-state index in [1.807, 2.05) is 38.1 Å². The Bertz CT molecular complexity index is 445. The molecule has 0 saturated carbocycles. The highest BCUT2D eigenvalue weighted by atomic mass is 16.5. The van der Waals surface area contributed by atoms with Gasteiger partial charge in [-0.05, 0) is 32.3 Å². The van der Waals surface area contributed by atoms with Crippen molar-refractivity contribution < 1.29 is 9.53 Å². The maximum Gasteiger partial charge on any atom is 0.269 e. The van der Waals surface area contributed by atoms with E-state index >= 15 is 0 Å². The minimum absolute atomic E-state index is 0.154. The van der Waals surface area contributed by atoms with Crippen LogP contribution in [0.25, 0.3) is 0 Å². The van der Waals surface area contributed by atoms with Gasteiger partial charge in [0.2, 0.25) is 0 Å². The summed E-state index contributed by atoms with van der Waals surface area (Å²) in [5.74, 6) is -0.154.